The zero-order valence-electron chi connectivity index (χ0n) is 17.7. The van der Waals surface area contributed by atoms with Crippen molar-refractivity contribution in [3.05, 3.63) is 101 Å². The minimum absolute atomic E-state index is 0.0954. The third-order valence-electron chi connectivity index (χ3n) is 5.06. The van der Waals surface area contributed by atoms with Crippen LogP contribution in [-0.2, 0) is 24.2 Å². The zero-order valence-corrected chi connectivity index (χ0v) is 17.7. The number of aliphatic hydroxyl groups excluding tert-OH is 1. The molecule has 0 radical (unpaired) electrons. The van der Waals surface area contributed by atoms with Crippen LogP contribution in [0.1, 0.15) is 23.2 Å². The van der Waals surface area contributed by atoms with Gasteiger partial charge in [0.2, 0.25) is 5.91 Å². The Labute approximate surface area is 186 Å². The summed E-state index contributed by atoms with van der Waals surface area (Å²) in [4.78, 5) is 16.8. The summed E-state index contributed by atoms with van der Waals surface area (Å²) in [6.07, 6.45) is 1.61. The molecule has 5 nitrogen and oxygen atoms in total. The van der Waals surface area contributed by atoms with Crippen LogP contribution < -0.4 is 10.6 Å². The molecular formula is C25H27F2N3O2. The summed E-state index contributed by atoms with van der Waals surface area (Å²) in [6.45, 7) is 0.624. The maximum Gasteiger partial charge on any atom is 0.220 e. The van der Waals surface area contributed by atoms with Gasteiger partial charge in [0.15, 0.2) is 0 Å². The highest BCUT2D eigenvalue weighted by Crippen LogP contribution is 2.12. The van der Waals surface area contributed by atoms with Crippen LogP contribution in [0, 0.1) is 11.6 Å². The number of benzene rings is 2. The highest BCUT2D eigenvalue weighted by Gasteiger charge is 2.22. The lowest BCUT2D eigenvalue weighted by Gasteiger charge is -2.25. The minimum Gasteiger partial charge on any atom is -0.390 e. The molecule has 3 aromatic rings. The second kappa shape index (κ2) is 12.0. The number of hydrogen-bond acceptors (Lipinski definition) is 4. The van der Waals surface area contributed by atoms with Crippen LogP contribution in [0.15, 0.2) is 72.9 Å². The van der Waals surface area contributed by atoms with Gasteiger partial charge in [-0.25, -0.2) is 8.78 Å². The highest BCUT2D eigenvalue weighted by molar-refractivity contribution is 5.76. The lowest BCUT2D eigenvalue weighted by Crippen LogP contribution is -2.48. The van der Waals surface area contributed by atoms with E-state index in [9.17, 15) is 18.7 Å². The van der Waals surface area contributed by atoms with Gasteiger partial charge in [-0.15, -0.1) is 0 Å². The number of pyridine rings is 1. The van der Waals surface area contributed by atoms with Crippen LogP contribution in [0.3, 0.4) is 0 Å². The summed E-state index contributed by atoms with van der Waals surface area (Å²) >= 11 is 0. The largest absolute Gasteiger partial charge is 0.390 e. The van der Waals surface area contributed by atoms with Crippen LogP contribution in [0.4, 0.5) is 8.78 Å². The van der Waals surface area contributed by atoms with Crippen LogP contribution in [0.25, 0.3) is 0 Å². The fourth-order valence-electron chi connectivity index (χ4n) is 3.44. The first-order chi connectivity index (χ1) is 15.5. The minimum atomic E-state index is -0.967. The van der Waals surface area contributed by atoms with Gasteiger partial charge in [-0.2, -0.15) is 0 Å². The zero-order chi connectivity index (χ0) is 22.8. The molecule has 3 N–H and O–H groups in total. The topological polar surface area (TPSA) is 74.2 Å². The fraction of sp³-hybridized carbons (Fsp3) is 0.280. The maximum absolute atomic E-state index is 13.6. The van der Waals surface area contributed by atoms with E-state index in [-0.39, 0.29) is 25.3 Å². The number of halogens is 2. The molecule has 1 heterocycles. The van der Waals surface area contributed by atoms with Crippen molar-refractivity contribution in [3.8, 4) is 0 Å². The first-order valence-electron chi connectivity index (χ1n) is 10.6. The Morgan fingerprint density at radius 2 is 1.69 bits per heavy atom. The number of carbonyl (C=O) groups is 1. The smallest absolute Gasteiger partial charge is 0.220 e. The third kappa shape index (κ3) is 7.83. The molecule has 0 saturated heterocycles. The van der Waals surface area contributed by atoms with Gasteiger partial charge in [0, 0.05) is 31.8 Å². The lowest BCUT2D eigenvalue weighted by atomic mass is 10.00. The predicted octanol–water partition coefficient (Wildman–Crippen LogP) is 3.17. The molecule has 0 fully saturated rings. The van der Waals surface area contributed by atoms with Crippen molar-refractivity contribution in [2.24, 2.45) is 0 Å². The Bertz CT molecular complexity index is 967. The third-order valence-corrected chi connectivity index (χ3v) is 5.06. The molecule has 3 rings (SSSR count). The summed E-state index contributed by atoms with van der Waals surface area (Å²) in [5, 5.41) is 16.7. The van der Waals surface area contributed by atoms with Crippen LogP contribution in [-0.4, -0.2) is 34.7 Å². The number of nitrogens with one attached hydrogen (secondary N) is 2. The Hall–Kier alpha value is -3.16. The molecule has 0 unspecified atom stereocenters. The van der Waals surface area contributed by atoms with Crippen molar-refractivity contribution in [2.45, 2.75) is 38.0 Å². The van der Waals surface area contributed by atoms with Crippen LogP contribution in [0.5, 0.6) is 0 Å². The molecule has 0 aliphatic heterocycles. The molecule has 0 aliphatic rings. The number of carbonyl (C=O) groups excluding carboxylic acids is 1. The van der Waals surface area contributed by atoms with Gasteiger partial charge in [0.1, 0.15) is 11.6 Å². The summed E-state index contributed by atoms with van der Waals surface area (Å²) in [5.74, 6) is -1.63. The summed E-state index contributed by atoms with van der Waals surface area (Å²) in [7, 11) is 0. The maximum atomic E-state index is 13.6. The van der Waals surface area contributed by atoms with Crippen molar-refractivity contribution in [1.82, 2.24) is 15.6 Å². The van der Waals surface area contributed by atoms with E-state index in [4.69, 9.17) is 0 Å². The van der Waals surface area contributed by atoms with E-state index in [0.29, 0.717) is 18.5 Å². The van der Waals surface area contributed by atoms with Crippen molar-refractivity contribution in [2.75, 3.05) is 6.54 Å². The molecular weight excluding hydrogens is 412 g/mol. The quantitative estimate of drug-likeness (QED) is 0.429. The lowest BCUT2D eigenvalue weighted by molar-refractivity contribution is -0.122. The molecule has 1 amide bonds. The number of aryl methyl sites for hydroxylation is 1. The number of hydrogen-bond donors (Lipinski definition) is 3. The standard InChI is InChI=1S/C25H27F2N3O2/c26-20-12-19(13-21(27)15-20)14-23(24(31)17-28-16-22-8-4-5-11-29-22)30-25(32)10-9-18-6-2-1-3-7-18/h1-8,11-13,15,23-24,28,31H,9-10,14,16-17H2,(H,30,32)/t23-,24-/m1/s1. The van der Waals surface area contributed by atoms with Crippen LogP contribution >= 0.6 is 0 Å². The van der Waals surface area contributed by atoms with E-state index >= 15 is 0 Å². The van der Waals surface area contributed by atoms with Gasteiger partial charge >= 0.3 is 0 Å². The molecule has 0 spiro atoms. The first kappa shape index (κ1) is 23.5. The van der Waals surface area contributed by atoms with E-state index in [0.717, 1.165) is 17.3 Å². The highest BCUT2D eigenvalue weighted by atomic mass is 19.1. The monoisotopic (exact) mass is 439 g/mol. The van der Waals surface area contributed by atoms with Crippen LogP contribution in [0.2, 0.25) is 0 Å². The average molecular weight is 440 g/mol. The van der Waals surface area contributed by atoms with Gasteiger partial charge in [0.05, 0.1) is 17.8 Å². The Kier molecular flexibility index (Phi) is 8.83. The number of nitrogens with zero attached hydrogens (tertiary/aromatic N) is 1. The Morgan fingerprint density at radius 1 is 0.969 bits per heavy atom. The first-order valence-corrected chi connectivity index (χ1v) is 10.6. The molecule has 168 valence electrons. The van der Waals surface area contributed by atoms with Gasteiger partial charge in [0.25, 0.3) is 0 Å². The molecule has 1 aromatic heterocycles. The van der Waals surface area contributed by atoms with Gasteiger partial charge in [-0.3, -0.25) is 9.78 Å². The van der Waals surface area contributed by atoms with Crippen molar-refractivity contribution in [1.29, 1.82) is 0 Å². The van der Waals surface area contributed by atoms with E-state index < -0.39 is 23.8 Å². The molecule has 0 saturated carbocycles. The molecule has 7 heteroatoms. The van der Waals surface area contributed by atoms with Gasteiger partial charge in [-0.05, 0) is 48.2 Å². The normalized spacial score (nSPS) is 12.8. The number of rotatable bonds is 11. The summed E-state index contributed by atoms with van der Waals surface area (Å²) in [6, 6.07) is 17.7. The predicted molar refractivity (Wildman–Crippen MR) is 119 cm³/mol. The number of aromatic nitrogens is 1. The van der Waals surface area contributed by atoms with E-state index in [1.807, 2.05) is 48.5 Å². The summed E-state index contributed by atoms with van der Waals surface area (Å²) in [5.41, 5.74) is 2.21. The van der Waals surface area contributed by atoms with E-state index in [2.05, 4.69) is 15.6 Å². The summed E-state index contributed by atoms with van der Waals surface area (Å²) < 4.78 is 27.3. The fourth-order valence-corrected chi connectivity index (χ4v) is 3.44. The second-order valence-electron chi connectivity index (χ2n) is 7.66. The molecule has 0 aliphatic carbocycles. The number of amides is 1. The number of aliphatic hydroxyl groups is 1. The van der Waals surface area contributed by atoms with Crippen molar-refractivity contribution >= 4 is 5.91 Å². The molecule has 32 heavy (non-hydrogen) atoms. The van der Waals surface area contributed by atoms with Crippen molar-refractivity contribution in [3.63, 3.8) is 0 Å². The molecule has 2 atom stereocenters. The Morgan fingerprint density at radius 3 is 2.38 bits per heavy atom. The second-order valence-corrected chi connectivity index (χ2v) is 7.66. The van der Waals surface area contributed by atoms with Gasteiger partial charge < -0.3 is 15.7 Å². The van der Waals surface area contributed by atoms with Gasteiger partial charge in [-0.1, -0.05) is 36.4 Å². The molecule has 2 aromatic carbocycles. The Balaban J connectivity index is 1.61. The molecule has 0 bridgehead atoms. The van der Waals surface area contributed by atoms with E-state index in [1.54, 1.807) is 6.20 Å². The SMILES string of the molecule is O=C(CCc1ccccc1)N[C@H](Cc1cc(F)cc(F)c1)[C@H](O)CNCc1ccccn1. The van der Waals surface area contributed by atoms with Crippen molar-refractivity contribution < 1.29 is 18.7 Å². The average Bonchev–Trinajstić information content (AvgIpc) is 2.78. The van der Waals surface area contributed by atoms with E-state index in [1.165, 1.54) is 12.1 Å².